The second-order valence-corrected chi connectivity index (χ2v) is 10.4. The number of H-pyrrole nitrogens is 1. The lowest BCUT2D eigenvalue weighted by Gasteiger charge is -2.15. The number of hydrogen-bond acceptors (Lipinski definition) is 10. The number of aryl methyl sites for hydroxylation is 1. The Morgan fingerprint density at radius 2 is 1.98 bits per heavy atom. The Hall–Kier alpha value is -5.04. The number of carbonyl (C=O) groups excluding carboxylic acids is 1. The summed E-state index contributed by atoms with van der Waals surface area (Å²) in [4.78, 5) is 38.0. The Morgan fingerprint density at radius 3 is 2.64 bits per heavy atom. The molecule has 6 N–H and O–H groups in total. The predicted molar refractivity (Wildman–Crippen MR) is 180 cm³/mol. The van der Waals surface area contributed by atoms with Crippen molar-refractivity contribution in [3.63, 3.8) is 0 Å². The number of aromatic amines is 1. The fourth-order valence-electron chi connectivity index (χ4n) is 4.74. The normalized spacial score (nSPS) is 13.4. The van der Waals surface area contributed by atoms with Crippen molar-refractivity contribution < 1.29 is 9.53 Å². The number of amides is 1. The lowest BCUT2D eigenvalue weighted by Crippen LogP contribution is -2.18. The zero-order valence-electron chi connectivity index (χ0n) is 27.0. The average molecular weight is 616 g/mol. The molecule has 1 aliphatic rings. The minimum absolute atomic E-state index is 0.250. The number of ether oxygens (including phenoxy) is 1. The molecular weight excluding hydrogens is 570 g/mol. The van der Waals surface area contributed by atoms with Crippen molar-refractivity contribution in [2.24, 2.45) is 16.5 Å². The molecule has 1 saturated heterocycles. The van der Waals surface area contributed by atoms with Crippen LogP contribution in [0.2, 0.25) is 0 Å². The number of nitrogens with one attached hydrogen (secondary N) is 2. The summed E-state index contributed by atoms with van der Waals surface area (Å²) in [5.74, 6) is 2.20. The molecule has 240 valence electrons. The fraction of sp³-hybridized carbons (Fsp3) is 0.375. The molecule has 0 aliphatic carbocycles. The number of fused-ring (bicyclic) bond motifs is 1. The van der Waals surface area contributed by atoms with Crippen LogP contribution in [0.4, 0.5) is 11.8 Å². The van der Waals surface area contributed by atoms with E-state index in [9.17, 15) is 0 Å². The van der Waals surface area contributed by atoms with Crippen molar-refractivity contribution in [3.8, 4) is 17.1 Å². The lowest BCUT2D eigenvalue weighted by molar-refractivity contribution is -0.106. The zero-order chi connectivity index (χ0) is 32.8. The molecule has 5 rings (SSSR count). The number of anilines is 1. The number of primary amides is 1. The van der Waals surface area contributed by atoms with Crippen LogP contribution in [0.25, 0.3) is 22.2 Å². The second-order valence-electron chi connectivity index (χ2n) is 10.4. The predicted octanol–water partition coefficient (Wildman–Crippen LogP) is 3.68. The maximum Gasteiger partial charge on any atom is 0.251 e. The van der Waals surface area contributed by atoms with E-state index in [-0.39, 0.29) is 6.41 Å². The minimum Gasteiger partial charge on any atom is -0.481 e. The van der Waals surface area contributed by atoms with Crippen molar-refractivity contribution in [1.29, 1.82) is 0 Å². The van der Waals surface area contributed by atoms with Crippen LogP contribution in [0.5, 0.6) is 5.88 Å². The number of methoxy groups -OCH3 is 1. The third-order valence-electron chi connectivity index (χ3n) is 7.30. The van der Waals surface area contributed by atoms with Crippen LogP contribution in [0, 0.1) is 6.92 Å². The van der Waals surface area contributed by atoms with E-state index in [4.69, 9.17) is 20.2 Å². The largest absolute Gasteiger partial charge is 0.481 e. The summed E-state index contributed by atoms with van der Waals surface area (Å²) < 4.78 is 4.97. The van der Waals surface area contributed by atoms with Gasteiger partial charge in [-0.05, 0) is 63.9 Å². The monoisotopic (exact) mass is 615 g/mol. The Bertz CT molecular complexity index is 1590. The van der Waals surface area contributed by atoms with E-state index >= 15 is 0 Å². The van der Waals surface area contributed by atoms with Crippen molar-refractivity contribution >= 4 is 34.9 Å². The van der Waals surface area contributed by atoms with Gasteiger partial charge in [-0.2, -0.15) is 4.99 Å². The molecule has 0 saturated carbocycles. The Balaban J connectivity index is 0.000000307. The first-order chi connectivity index (χ1) is 21.7. The van der Waals surface area contributed by atoms with Gasteiger partial charge < -0.3 is 31.4 Å². The molecule has 0 unspecified atom stereocenters. The van der Waals surface area contributed by atoms with Crippen molar-refractivity contribution in [2.45, 2.75) is 40.2 Å². The van der Waals surface area contributed by atoms with Crippen LogP contribution in [0.1, 0.15) is 37.8 Å². The third kappa shape index (κ3) is 9.73. The first-order valence-corrected chi connectivity index (χ1v) is 14.8. The number of benzene rings is 1. The summed E-state index contributed by atoms with van der Waals surface area (Å²) in [7, 11) is 5.41. The molecule has 1 aromatic carbocycles. The number of likely N-dealkylation sites (tertiary alicyclic amines) is 1. The summed E-state index contributed by atoms with van der Waals surface area (Å²) in [6.45, 7) is 10.3. The maximum absolute atomic E-state index is 8.58. The molecule has 45 heavy (non-hydrogen) atoms. The van der Waals surface area contributed by atoms with Crippen molar-refractivity contribution in [2.75, 3.05) is 45.7 Å². The molecule has 1 aliphatic heterocycles. The molecule has 1 amide bonds. The van der Waals surface area contributed by atoms with Crippen molar-refractivity contribution in [1.82, 2.24) is 35.1 Å². The van der Waals surface area contributed by atoms with Crippen LogP contribution in [-0.4, -0.2) is 82.9 Å². The molecule has 0 bridgehead atoms. The molecule has 0 spiro atoms. The number of rotatable bonds is 9. The molecule has 0 atom stereocenters. The van der Waals surface area contributed by atoms with E-state index in [2.05, 4.69) is 66.0 Å². The Kier molecular flexibility index (Phi) is 13.2. The van der Waals surface area contributed by atoms with E-state index in [0.717, 1.165) is 41.4 Å². The number of nitrogens with zero attached hydrogens (tertiary/aromatic N) is 7. The minimum atomic E-state index is 0.250. The van der Waals surface area contributed by atoms with Gasteiger partial charge in [0, 0.05) is 62.3 Å². The number of aromatic nitrogens is 5. The van der Waals surface area contributed by atoms with E-state index in [1.165, 1.54) is 48.7 Å². The SMILES string of the molecule is CCN(C)c1cc(OC)ncn1.CN/C(C)=C\C(N)=N/c1ncc(C)c(-c2c[nH]c3c(CN4CCCC4)cccc23)n1.NC=O. The summed E-state index contributed by atoms with van der Waals surface area (Å²) in [6, 6.07) is 8.29. The van der Waals surface area contributed by atoms with E-state index in [0.29, 0.717) is 17.7 Å². The molecule has 4 aromatic rings. The second kappa shape index (κ2) is 17.3. The average Bonchev–Trinajstić information content (AvgIpc) is 3.73. The molecule has 0 radical (unpaired) electrons. The highest BCUT2D eigenvalue weighted by atomic mass is 16.5. The van der Waals surface area contributed by atoms with Gasteiger partial charge in [0.2, 0.25) is 12.3 Å². The van der Waals surface area contributed by atoms with Gasteiger partial charge in [-0.3, -0.25) is 9.69 Å². The summed E-state index contributed by atoms with van der Waals surface area (Å²) >= 11 is 0. The smallest absolute Gasteiger partial charge is 0.251 e. The van der Waals surface area contributed by atoms with Gasteiger partial charge >= 0.3 is 0 Å². The molecule has 13 heteroatoms. The van der Waals surface area contributed by atoms with Gasteiger partial charge in [0.05, 0.1) is 18.3 Å². The van der Waals surface area contributed by atoms with Crippen LogP contribution < -0.4 is 26.4 Å². The Morgan fingerprint density at radius 1 is 1.24 bits per heavy atom. The highest BCUT2D eigenvalue weighted by molar-refractivity contribution is 5.97. The van der Waals surface area contributed by atoms with Gasteiger partial charge in [-0.15, -0.1) is 0 Å². The molecule has 1 fully saturated rings. The lowest BCUT2D eigenvalue weighted by atomic mass is 10.0. The standard InChI is InChI=1S/C23H29N7.C8H13N3O.CH3NO/c1-15-12-27-23(28-20(24)11-16(2)25-3)29-21(15)19-13-26-22-17(7-6-8-18(19)22)14-30-9-4-5-10-30;1-4-11(2)7-5-8(12-3)10-6-9-7;2-1-3/h6-8,11-13,25-26H,4-5,9-10,14H2,1-3H3,(H2,24,27,28,29);5-6H,4H2,1-3H3;1H,(H2,2,3)/b16-11-;;. The maximum atomic E-state index is 8.58. The highest BCUT2D eigenvalue weighted by Gasteiger charge is 2.17. The van der Waals surface area contributed by atoms with Crippen molar-refractivity contribution in [3.05, 3.63) is 65.9 Å². The van der Waals surface area contributed by atoms with Crippen LogP contribution >= 0.6 is 0 Å². The third-order valence-corrected chi connectivity index (χ3v) is 7.30. The van der Waals surface area contributed by atoms with Gasteiger partial charge in [-0.1, -0.05) is 18.2 Å². The number of amidine groups is 1. The number of allylic oxidation sites excluding steroid dienone is 1. The zero-order valence-corrected chi connectivity index (χ0v) is 27.0. The Labute approximate surface area is 264 Å². The molecule has 4 heterocycles. The summed E-state index contributed by atoms with van der Waals surface area (Å²) in [5.41, 5.74) is 16.5. The number of aliphatic imine (C=N–C) groups is 1. The van der Waals surface area contributed by atoms with Gasteiger partial charge in [0.1, 0.15) is 18.0 Å². The quantitative estimate of drug-likeness (QED) is 0.123. The summed E-state index contributed by atoms with van der Waals surface area (Å²) in [5, 5.41) is 4.20. The molecule has 13 nitrogen and oxygen atoms in total. The number of hydrogen-bond donors (Lipinski definition) is 4. The van der Waals surface area contributed by atoms with Crippen LogP contribution in [-0.2, 0) is 11.3 Å². The van der Waals surface area contributed by atoms with Crippen LogP contribution in [0.3, 0.4) is 0 Å². The number of para-hydroxylation sites is 1. The van der Waals surface area contributed by atoms with Crippen LogP contribution in [0.15, 0.2) is 59.8 Å². The van der Waals surface area contributed by atoms with Gasteiger partial charge in [0.25, 0.3) is 5.95 Å². The number of nitrogens with two attached hydrogens (primary N) is 2. The molecule has 3 aromatic heterocycles. The topological polar surface area (TPSA) is 177 Å². The first kappa shape index (κ1) is 34.5. The fourth-order valence-corrected chi connectivity index (χ4v) is 4.74. The first-order valence-electron chi connectivity index (χ1n) is 14.8. The highest BCUT2D eigenvalue weighted by Crippen LogP contribution is 2.32. The van der Waals surface area contributed by atoms with Gasteiger partial charge in [-0.25, -0.2) is 19.9 Å². The molecular formula is C32H45N11O2. The number of carbonyl (C=O) groups is 1. The van der Waals surface area contributed by atoms with E-state index in [1.54, 1.807) is 19.4 Å². The van der Waals surface area contributed by atoms with E-state index in [1.807, 2.05) is 45.1 Å². The van der Waals surface area contributed by atoms with Gasteiger partial charge in [0.15, 0.2) is 0 Å². The van der Waals surface area contributed by atoms with E-state index < -0.39 is 0 Å². The summed E-state index contributed by atoms with van der Waals surface area (Å²) in [6.07, 6.45) is 9.94.